The minimum Gasteiger partial charge on any atom is -0.454 e. The highest BCUT2D eigenvalue weighted by molar-refractivity contribution is 9.12. The molecule has 0 spiro atoms. The standard InChI is InChI=1S/C34H25Br2FN2O5/c1-16-2-11-25-21(12-16)22(34(43)44-15-27(40)18-3-7-19(37)8-4-18)14-26(38-25)17-5-9-20(10-6-17)39-32(41)28-23-13-24(29(28)33(39)42)31(36)30(23)35/h2-12,14,23-24,28-31H,13,15H2,1H3. The van der Waals surface area contributed by atoms with Gasteiger partial charge in [-0.2, -0.15) is 0 Å². The average Bonchev–Trinajstić information content (AvgIpc) is 3.64. The van der Waals surface area contributed by atoms with E-state index in [-0.39, 0.29) is 56.3 Å². The fourth-order valence-electron chi connectivity index (χ4n) is 6.97. The van der Waals surface area contributed by atoms with Crippen LogP contribution in [0.2, 0.25) is 0 Å². The zero-order valence-corrected chi connectivity index (χ0v) is 26.5. The lowest BCUT2D eigenvalue weighted by molar-refractivity contribution is -0.123. The van der Waals surface area contributed by atoms with Gasteiger partial charge in [0.25, 0.3) is 0 Å². The Morgan fingerprint density at radius 2 is 1.55 bits per heavy atom. The monoisotopic (exact) mass is 718 g/mol. The Morgan fingerprint density at radius 3 is 2.18 bits per heavy atom. The van der Waals surface area contributed by atoms with E-state index in [1.807, 2.05) is 25.1 Å². The number of rotatable bonds is 6. The van der Waals surface area contributed by atoms with E-state index in [2.05, 4.69) is 31.9 Å². The van der Waals surface area contributed by atoms with Gasteiger partial charge in [-0.1, -0.05) is 55.6 Å². The first kappa shape index (κ1) is 29.0. The number of ether oxygens (including phenoxy) is 1. The summed E-state index contributed by atoms with van der Waals surface area (Å²) < 4.78 is 18.6. The van der Waals surface area contributed by atoms with Gasteiger partial charge in [0.2, 0.25) is 11.8 Å². The van der Waals surface area contributed by atoms with Crippen molar-refractivity contribution in [1.82, 2.24) is 4.98 Å². The van der Waals surface area contributed by atoms with Gasteiger partial charge in [0.1, 0.15) is 5.82 Å². The maximum atomic E-state index is 13.5. The van der Waals surface area contributed by atoms with Gasteiger partial charge in [0, 0.05) is 26.2 Å². The van der Waals surface area contributed by atoms with Crippen LogP contribution < -0.4 is 4.90 Å². The number of nitrogens with zero attached hydrogens (tertiary/aromatic N) is 2. The number of benzene rings is 3. The zero-order chi connectivity index (χ0) is 30.9. The maximum Gasteiger partial charge on any atom is 0.339 e. The van der Waals surface area contributed by atoms with E-state index < -0.39 is 24.2 Å². The average molecular weight is 720 g/mol. The summed E-state index contributed by atoms with van der Waals surface area (Å²) in [7, 11) is 0. The molecule has 3 aliphatic rings. The fraction of sp³-hybridized carbons (Fsp3) is 0.265. The molecule has 2 aliphatic carbocycles. The number of esters is 1. The molecule has 1 aliphatic heterocycles. The maximum absolute atomic E-state index is 13.5. The molecular weight excluding hydrogens is 695 g/mol. The van der Waals surface area contributed by atoms with Crippen LogP contribution in [0, 0.1) is 36.4 Å². The van der Waals surface area contributed by atoms with E-state index in [0.29, 0.717) is 27.8 Å². The van der Waals surface area contributed by atoms with Gasteiger partial charge in [-0.25, -0.2) is 14.2 Å². The molecule has 7 rings (SSSR count). The predicted octanol–water partition coefficient (Wildman–Crippen LogP) is 6.67. The number of Topliss-reactive ketones (excluding diaryl/α,β-unsaturated/α-hetero) is 1. The minimum absolute atomic E-state index is 0.129. The molecule has 1 saturated heterocycles. The summed E-state index contributed by atoms with van der Waals surface area (Å²) in [5.74, 6) is -2.27. The molecule has 2 saturated carbocycles. The third-order valence-electron chi connectivity index (χ3n) is 9.09. The van der Waals surface area contributed by atoms with Crippen LogP contribution in [0.15, 0.2) is 72.8 Å². The predicted molar refractivity (Wildman–Crippen MR) is 169 cm³/mol. The molecule has 44 heavy (non-hydrogen) atoms. The van der Waals surface area contributed by atoms with Crippen molar-refractivity contribution in [2.24, 2.45) is 23.7 Å². The highest BCUT2D eigenvalue weighted by Gasteiger charge is 2.66. The Balaban J connectivity index is 1.16. The van der Waals surface area contributed by atoms with E-state index in [4.69, 9.17) is 9.72 Å². The highest BCUT2D eigenvalue weighted by Crippen LogP contribution is 2.60. The van der Waals surface area contributed by atoms with Crippen molar-refractivity contribution < 1.29 is 28.3 Å². The molecule has 3 fully saturated rings. The van der Waals surface area contributed by atoms with E-state index in [1.165, 1.54) is 29.2 Å². The van der Waals surface area contributed by atoms with Gasteiger partial charge in [-0.15, -0.1) is 0 Å². The summed E-state index contributed by atoms with van der Waals surface area (Å²) in [4.78, 5) is 59.2. The molecule has 6 unspecified atom stereocenters. The number of hydrogen-bond donors (Lipinski definition) is 0. The molecule has 0 N–H and O–H groups in total. The Kier molecular flexibility index (Phi) is 7.24. The molecule has 0 radical (unpaired) electrons. The molecule has 4 aromatic rings. The number of amides is 2. The van der Waals surface area contributed by atoms with Gasteiger partial charge in [0.05, 0.1) is 34.3 Å². The quantitative estimate of drug-likeness (QED) is 0.0957. The number of aromatic nitrogens is 1. The third kappa shape index (κ3) is 4.70. The third-order valence-corrected chi connectivity index (χ3v) is 12.3. The van der Waals surface area contributed by atoms with Crippen LogP contribution in [0.5, 0.6) is 0 Å². The number of carbonyl (C=O) groups is 4. The Morgan fingerprint density at radius 1 is 0.909 bits per heavy atom. The molecule has 7 nitrogen and oxygen atoms in total. The molecule has 3 aromatic carbocycles. The number of pyridine rings is 1. The summed E-state index contributed by atoms with van der Waals surface area (Å²) in [5, 5.41) is 0.578. The van der Waals surface area contributed by atoms with E-state index in [9.17, 15) is 23.6 Å². The second kappa shape index (κ2) is 11.0. The number of hydrogen-bond acceptors (Lipinski definition) is 6. The van der Waals surface area contributed by atoms with Crippen molar-refractivity contribution in [2.45, 2.75) is 23.0 Å². The largest absolute Gasteiger partial charge is 0.454 e. The number of ketones is 1. The molecule has 10 heteroatoms. The lowest BCUT2D eigenvalue weighted by atomic mass is 9.81. The summed E-state index contributed by atoms with van der Waals surface area (Å²) in [5.41, 5.74) is 3.63. The zero-order valence-electron chi connectivity index (χ0n) is 23.4. The van der Waals surface area contributed by atoms with Gasteiger partial charge < -0.3 is 4.74 Å². The summed E-state index contributed by atoms with van der Waals surface area (Å²) in [6.45, 7) is 1.40. The molecule has 1 aromatic heterocycles. The number of alkyl halides is 2. The summed E-state index contributed by atoms with van der Waals surface area (Å²) in [6, 6.07) is 19.2. The van der Waals surface area contributed by atoms with Crippen molar-refractivity contribution >= 4 is 72.0 Å². The van der Waals surface area contributed by atoms with Crippen LogP contribution in [0.4, 0.5) is 10.1 Å². The van der Waals surface area contributed by atoms with Crippen LogP contribution in [0.25, 0.3) is 22.2 Å². The van der Waals surface area contributed by atoms with Crippen LogP contribution >= 0.6 is 31.9 Å². The molecule has 222 valence electrons. The van der Waals surface area contributed by atoms with E-state index in [0.717, 1.165) is 12.0 Å². The first-order valence-corrected chi connectivity index (χ1v) is 16.1. The van der Waals surface area contributed by atoms with Crippen LogP contribution in [0.3, 0.4) is 0 Å². The summed E-state index contributed by atoms with van der Waals surface area (Å²) in [6.07, 6.45) is 0.865. The van der Waals surface area contributed by atoms with Crippen molar-refractivity contribution in [3.63, 3.8) is 0 Å². The lowest BCUT2D eigenvalue weighted by Gasteiger charge is -2.28. The second-order valence-corrected chi connectivity index (χ2v) is 13.8. The Labute approximate surface area is 269 Å². The fourth-order valence-corrected chi connectivity index (χ4v) is 8.84. The number of fused-ring (bicyclic) bond motifs is 6. The first-order chi connectivity index (χ1) is 21.1. The van der Waals surface area contributed by atoms with E-state index in [1.54, 1.807) is 30.3 Å². The smallest absolute Gasteiger partial charge is 0.339 e. The normalized spacial score (nSPS) is 25.5. The van der Waals surface area contributed by atoms with Crippen LogP contribution in [-0.2, 0) is 14.3 Å². The lowest BCUT2D eigenvalue weighted by Crippen LogP contribution is -2.37. The molecule has 2 amide bonds. The summed E-state index contributed by atoms with van der Waals surface area (Å²) >= 11 is 7.45. The van der Waals surface area contributed by atoms with Gasteiger partial charge in [-0.3, -0.25) is 19.3 Å². The molecule has 2 heterocycles. The van der Waals surface area contributed by atoms with Crippen molar-refractivity contribution in [1.29, 1.82) is 0 Å². The van der Waals surface area contributed by atoms with E-state index >= 15 is 0 Å². The highest BCUT2D eigenvalue weighted by atomic mass is 79.9. The van der Waals surface area contributed by atoms with Crippen LogP contribution in [-0.4, -0.2) is 44.8 Å². The van der Waals surface area contributed by atoms with Gasteiger partial charge in [0.15, 0.2) is 12.4 Å². The molecule has 2 bridgehead atoms. The van der Waals surface area contributed by atoms with Gasteiger partial charge >= 0.3 is 5.97 Å². The SMILES string of the molecule is Cc1ccc2nc(-c3ccc(N4C(=O)C5C6CC(C(Br)C6Br)C5C4=O)cc3)cc(C(=O)OCC(=O)c3ccc(F)cc3)c2c1. The first-order valence-electron chi connectivity index (χ1n) is 14.3. The van der Waals surface area contributed by atoms with Crippen molar-refractivity contribution in [3.05, 3.63) is 95.3 Å². The number of carbonyl (C=O) groups excluding carboxylic acids is 4. The number of imide groups is 1. The number of aryl methyl sites for hydroxylation is 1. The topological polar surface area (TPSA) is 93.6 Å². The Bertz CT molecular complexity index is 1830. The Hall–Kier alpha value is -3.76. The van der Waals surface area contributed by atoms with Crippen molar-refractivity contribution in [3.8, 4) is 11.3 Å². The van der Waals surface area contributed by atoms with Crippen LogP contribution in [0.1, 0.15) is 32.7 Å². The van der Waals surface area contributed by atoms with Gasteiger partial charge in [-0.05, 0) is 79.8 Å². The minimum atomic E-state index is -0.694. The number of halogens is 3. The molecule has 6 atom stereocenters. The number of anilines is 1. The second-order valence-electron chi connectivity index (χ2n) is 11.6. The molecular formula is C34H25Br2FN2O5. The van der Waals surface area contributed by atoms with Crippen molar-refractivity contribution in [2.75, 3.05) is 11.5 Å².